The molecule has 1 amide bonds. The lowest BCUT2D eigenvalue weighted by Gasteiger charge is -2.37. The molecule has 4 nitrogen and oxygen atoms in total. The summed E-state index contributed by atoms with van der Waals surface area (Å²) in [6.07, 6.45) is 7.97. The third-order valence-electron chi connectivity index (χ3n) is 4.37. The van der Waals surface area contributed by atoms with Gasteiger partial charge in [-0.05, 0) is 25.0 Å². The quantitative estimate of drug-likeness (QED) is 0.808. The average Bonchev–Trinajstić information content (AvgIpc) is 2.56. The molecule has 116 valence electrons. The molecule has 0 N–H and O–H groups in total. The van der Waals surface area contributed by atoms with Gasteiger partial charge in [-0.1, -0.05) is 26.7 Å². The van der Waals surface area contributed by atoms with Crippen LogP contribution in [0.5, 0.6) is 0 Å². The monoisotopic (exact) mass is 289 g/mol. The zero-order valence-electron chi connectivity index (χ0n) is 13.3. The topological polar surface area (TPSA) is 36.4 Å². The molecule has 0 radical (unpaired) electrons. The molecule has 2 rings (SSSR count). The Morgan fingerprint density at radius 3 is 2.43 bits per heavy atom. The Hall–Kier alpha value is -1.58. The smallest absolute Gasteiger partial charge is 0.225 e. The van der Waals surface area contributed by atoms with Gasteiger partial charge in [-0.3, -0.25) is 9.78 Å². The number of aromatic nitrogens is 1. The predicted molar refractivity (Wildman–Crippen MR) is 86.3 cm³/mol. The van der Waals surface area contributed by atoms with Crippen LogP contribution in [0.3, 0.4) is 0 Å². The van der Waals surface area contributed by atoms with Gasteiger partial charge in [-0.2, -0.15) is 0 Å². The van der Waals surface area contributed by atoms with Crippen molar-refractivity contribution in [3.63, 3.8) is 0 Å². The summed E-state index contributed by atoms with van der Waals surface area (Å²) in [5, 5.41) is 0. The molecule has 1 unspecified atom stereocenters. The lowest BCUT2D eigenvalue weighted by atomic mass is 9.97. The van der Waals surface area contributed by atoms with Crippen molar-refractivity contribution in [2.24, 2.45) is 5.92 Å². The van der Waals surface area contributed by atoms with Crippen molar-refractivity contribution in [3.05, 3.63) is 24.5 Å². The highest BCUT2D eigenvalue weighted by molar-refractivity contribution is 5.79. The largest absolute Gasteiger partial charge is 0.368 e. The summed E-state index contributed by atoms with van der Waals surface area (Å²) in [6.45, 7) is 7.82. The highest BCUT2D eigenvalue weighted by Crippen LogP contribution is 2.19. The SMILES string of the molecule is CCCCC(CC)C(=O)N1CCN(c2ccncc2)CC1. The molecule has 0 aliphatic carbocycles. The molecule has 2 heterocycles. The summed E-state index contributed by atoms with van der Waals surface area (Å²) >= 11 is 0. The van der Waals surface area contributed by atoms with Gasteiger partial charge in [0.15, 0.2) is 0 Å². The van der Waals surface area contributed by atoms with Crippen molar-refractivity contribution in [1.82, 2.24) is 9.88 Å². The number of pyridine rings is 1. The lowest BCUT2D eigenvalue weighted by Crippen LogP contribution is -2.50. The number of hydrogen-bond donors (Lipinski definition) is 0. The maximum Gasteiger partial charge on any atom is 0.225 e. The minimum atomic E-state index is 0.220. The Kier molecular flexibility index (Phi) is 6.03. The molecule has 1 aromatic rings. The van der Waals surface area contributed by atoms with E-state index in [0.29, 0.717) is 5.91 Å². The number of anilines is 1. The molecule has 21 heavy (non-hydrogen) atoms. The zero-order valence-corrected chi connectivity index (χ0v) is 13.3. The van der Waals surface area contributed by atoms with Gasteiger partial charge in [0.25, 0.3) is 0 Å². The van der Waals surface area contributed by atoms with Crippen LogP contribution in [-0.2, 0) is 4.79 Å². The first-order chi connectivity index (χ1) is 10.3. The molecule has 0 aromatic carbocycles. The molecule has 0 bridgehead atoms. The van der Waals surface area contributed by atoms with Crippen LogP contribution in [0.2, 0.25) is 0 Å². The van der Waals surface area contributed by atoms with E-state index in [1.54, 1.807) is 0 Å². The summed E-state index contributed by atoms with van der Waals surface area (Å²) in [5.41, 5.74) is 1.20. The normalized spacial score (nSPS) is 16.9. The van der Waals surface area contributed by atoms with Crippen molar-refractivity contribution < 1.29 is 4.79 Å². The van der Waals surface area contributed by atoms with Crippen molar-refractivity contribution in [3.8, 4) is 0 Å². The number of carbonyl (C=O) groups excluding carboxylic acids is 1. The second kappa shape index (κ2) is 8.01. The van der Waals surface area contributed by atoms with Gasteiger partial charge < -0.3 is 9.80 Å². The molecule has 4 heteroatoms. The van der Waals surface area contributed by atoms with Crippen LogP contribution in [0.4, 0.5) is 5.69 Å². The van der Waals surface area contributed by atoms with Crippen LogP contribution in [0.15, 0.2) is 24.5 Å². The number of carbonyl (C=O) groups is 1. The van der Waals surface area contributed by atoms with Crippen molar-refractivity contribution in [2.45, 2.75) is 39.5 Å². The van der Waals surface area contributed by atoms with E-state index in [1.807, 2.05) is 24.5 Å². The maximum atomic E-state index is 12.6. The Morgan fingerprint density at radius 2 is 1.86 bits per heavy atom. The van der Waals surface area contributed by atoms with Gasteiger partial charge in [-0.25, -0.2) is 0 Å². The predicted octanol–water partition coefficient (Wildman–Crippen LogP) is 2.95. The number of hydrogen-bond acceptors (Lipinski definition) is 3. The Morgan fingerprint density at radius 1 is 1.19 bits per heavy atom. The second-order valence-corrected chi connectivity index (χ2v) is 5.77. The second-order valence-electron chi connectivity index (χ2n) is 5.77. The summed E-state index contributed by atoms with van der Waals surface area (Å²) < 4.78 is 0. The molecular formula is C17H27N3O. The molecule has 1 saturated heterocycles. The van der Waals surface area contributed by atoms with E-state index in [-0.39, 0.29) is 5.92 Å². The first-order valence-electron chi connectivity index (χ1n) is 8.20. The third-order valence-corrected chi connectivity index (χ3v) is 4.37. The lowest BCUT2D eigenvalue weighted by molar-refractivity contribution is -0.136. The van der Waals surface area contributed by atoms with Crippen molar-refractivity contribution in [1.29, 1.82) is 0 Å². The summed E-state index contributed by atoms with van der Waals surface area (Å²) in [6, 6.07) is 4.07. The van der Waals surface area contributed by atoms with Gasteiger partial charge in [0.05, 0.1) is 0 Å². The fourth-order valence-electron chi connectivity index (χ4n) is 2.95. The van der Waals surface area contributed by atoms with E-state index < -0.39 is 0 Å². The van der Waals surface area contributed by atoms with E-state index in [4.69, 9.17) is 0 Å². The van der Waals surface area contributed by atoms with Crippen LogP contribution < -0.4 is 4.90 Å². The van der Waals surface area contributed by atoms with Crippen LogP contribution >= 0.6 is 0 Å². The van der Waals surface area contributed by atoms with Crippen LogP contribution in [0, 0.1) is 5.92 Å². The Balaban J connectivity index is 1.86. The first kappa shape index (κ1) is 15.8. The first-order valence-corrected chi connectivity index (χ1v) is 8.20. The molecule has 1 aliphatic rings. The maximum absolute atomic E-state index is 12.6. The summed E-state index contributed by atoms with van der Waals surface area (Å²) in [4.78, 5) is 21.0. The van der Waals surface area contributed by atoms with Gasteiger partial charge in [0.2, 0.25) is 5.91 Å². The van der Waals surface area contributed by atoms with E-state index in [9.17, 15) is 4.79 Å². The molecule has 1 fully saturated rings. The highest BCUT2D eigenvalue weighted by Gasteiger charge is 2.26. The van der Waals surface area contributed by atoms with E-state index in [0.717, 1.165) is 45.4 Å². The fraction of sp³-hybridized carbons (Fsp3) is 0.647. The molecule has 0 saturated carbocycles. The van der Waals surface area contributed by atoms with Crippen molar-refractivity contribution in [2.75, 3.05) is 31.1 Å². The average molecular weight is 289 g/mol. The fourth-order valence-corrected chi connectivity index (χ4v) is 2.95. The molecule has 0 spiro atoms. The van der Waals surface area contributed by atoms with Gasteiger partial charge in [0.1, 0.15) is 0 Å². The van der Waals surface area contributed by atoms with Crippen LogP contribution in [0.25, 0.3) is 0 Å². The van der Waals surface area contributed by atoms with Gasteiger partial charge in [-0.15, -0.1) is 0 Å². The standard InChI is InChI=1S/C17H27N3O/c1-3-5-6-15(4-2)17(21)20-13-11-19(12-14-20)16-7-9-18-10-8-16/h7-10,15H,3-6,11-14H2,1-2H3. The Labute approximate surface area is 128 Å². The minimum Gasteiger partial charge on any atom is -0.368 e. The minimum absolute atomic E-state index is 0.220. The third kappa shape index (κ3) is 4.19. The van der Waals surface area contributed by atoms with Gasteiger partial charge in [0, 0.05) is 50.2 Å². The molecule has 1 aromatic heterocycles. The number of amides is 1. The van der Waals surface area contributed by atoms with E-state index >= 15 is 0 Å². The summed E-state index contributed by atoms with van der Waals surface area (Å²) in [5.74, 6) is 0.581. The number of rotatable bonds is 6. The molecule has 1 atom stereocenters. The highest BCUT2D eigenvalue weighted by atomic mass is 16.2. The number of unbranched alkanes of at least 4 members (excludes halogenated alkanes) is 1. The van der Waals surface area contributed by atoms with E-state index in [1.165, 1.54) is 12.1 Å². The summed E-state index contributed by atoms with van der Waals surface area (Å²) in [7, 11) is 0. The Bertz CT molecular complexity index is 427. The molecule has 1 aliphatic heterocycles. The van der Waals surface area contributed by atoms with Gasteiger partial charge >= 0.3 is 0 Å². The number of piperazine rings is 1. The zero-order chi connectivity index (χ0) is 15.1. The number of nitrogens with zero attached hydrogens (tertiary/aromatic N) is 3. The van der Waals surface area contributed by atoms with Crippen LogP contribution in [-0.4, -0.2) is 42.0 Å². The van der Waals surface area contributed by atoms with Crippen molar-refractivity contribution >= 4 is 11.6 Å². The molecular weight excluding hydrogens is 262 g/mol. The van der Waals surface area contributed by atoms with E-state index in [2.05, 4.69) is 28.6 Å². The van der Waals surface area contributed by atoms with Crippen LogP contribution in [0.1, 0.15) is 39.5 Å².